The van der Waals surface area contributed by atoms with E-state index in [9.17, 15) is 18.0 Å². The SMILES string of the molecule is CCCCNC(=O)[C@@H](C)N(Cc1ccc(OC)cc1)C(=O)CN(c1cc(C)ccc1C)S(=O)(=O)c1ccc(C)cc1. The monoisotopic (exact) mass is 579 g/mol. The van der Waals surface area contributed by atoms with Gasteiger partial charge in [0.05, 0.1) is 17.7 Å². The van der Waals surface area contributed by atoms with Crippen molar-refractivity contribution in [3.05, 3.63) is 89.0 Å². The summed E-state index contributed by atoms with van der Waals surface area (Å²) >= 11 is 0. The molecule has 3 aromatic rings. The van der Waals surface area contributed by atoms with Crippen LogP contribution in [-0.4, -0.2) is 51.4 Å². The second-order valence-corrected chi connectivity index (χ2v) is 12.2. The molecule has 0 saturated heterocycles. The molecule has 41 heavy (non-hydrogen) atoms. The fraction of sp³-hybridized carbons (Fsp3) is 0.375. The second kappa shape index (κ2) is 14.2. The fourth-order valence-electron chi connectivity index (χ4n) is 4.39. The molecule has 1 N–H and O–H groups in total. The number of methoxy groups -OCH3 is 1. The quantitative estimate of drug-likeness (QED) is 0.283. The summed E-state index contributed by atoms with van der Waals surface area (Å²) in [4.78, 5) is 28.7. The van der Waals surface area contributed by atoms with E-state index < -0.39 is 28.5 Å². The second-order valence-electron chi connectivity index (χ2n) is 10.3. The summed E-state index contributed by atoms with van der Waals surface area (Å²) in [6.45, 7) is 9.42. The van der Waals surface area contributed by atoms with E-state index in [0.29, 0.717) is 23.5 Å². The fourth-order valence-corrected chi connectivity index (χ4v) is 5.86. The molecule has 3 rings (SSSR count). The first-order chi connectivity index (χ1) is 19.5. The number of anilines is 1. The molecule has 0 spiro atoms. The van der Waals surface area contributed by atoms with Crippen molar-refractivity contribution in [1.29, 1.82) is 0 Å². The maximum absolute atomic E-state index is 14.1. The standard InChI is InChI=1S/C32H41N3O5S/c1-7-8-19-33-32(37)26(5)34(21-27-13-15-28(40-6)16-14-27)31(36)22-35(30-20-24(3)9-12-25(30)4)41(38,39)29-17-10-23(2)11-18-29/h9-18,20,26H,7-8,19,21-22H2,1-6H3,(H,33,37)/t26-/m1/s1. The van der Waals surface area contributed by atoms with Gasteiger partial charge in [-0.05, 0) is 81.1 Å². The molecule has 9 heteroatoms. The van der Waals surface area contributed by atoms with Crippen LogP contribution in [0, 0.1) is 20.8 Å². The van der Waals surface area contributed by atoms with Crippen molar-refractivity contribution >= 4 is 27.5 Å². The van der Waals surface area contributed by atoms with Crippen molar-refractivity contribution < 1.29 is 22.7 Å². The number of benzene rings is 3. The third kappa shape index (κ3) is 8.10. The van der Waals surface area contributed by atoms with Crippen LogP contribution in [0.4, 0.5) is 5.69 Å². The smallest absolute Gasteiger partial charge is 0.264 e. The topological polar surface area (TPSA) is 96.0 Å². The van der Waals surface area contributed by atoms with Crippen molar-refractivity contribution in [2.45, 2.75) is 64.9 Å². The first-order valence-corrected chi connectivity index (χ1v) is 15.3. The van der Waals surface area contributed by atoms with Gasteiger partial charge in [0.2, 0.25) is 11.8 Å². The van der Waals surface area contributed by atoms with Crippen LogP contribution < -0.4 is 14.4 Å². The Morgan fingerprint density at radius 3 is 2.17 bits per heavy atom. The van der Waals surface area contributed by atoms with Crippen molar-refractivity contribution in [2.75, 3.05) is 24.5 Å². The summed E-state index contributed by atoms with van der Waals surface area (Å²) in [5.41, 5.74) is 3.70. The van der Waals surface area contributed by atoms with Gasteiger partial charge >= 0.3 is 0 Å². The van der Waals surface area contributed by atoms with Gasteiger partial charge in [-0.3, -0.25) is 13.9 Å². The Kier molecular flexibility index (Phi) is 10.9. The Morgan fingerprint density at radius 1 is 0.927 bits per heavy atom. The Labute approximate surface area is 244 Å². The number of amides is 2. The molecule has 0 saturated carbocycles. The third-order valence-electron chi connectivity index (χ3n) is 7.03. The molecule has 0 bridgehead atoms. The highest BCUT2D eigenvalue weighted by Gasteiger charge is 2.33. The Hall–Kier alpha value is -3.85. The van der Waals surface area contributed by atoms with Gasteiger partial charge in [0, 0.05) is 13.1 Å². The van der Waals surface area contributed by atoms with Crippen molar-refractivity contribution in [2.24, 2.45) is 0 Å². The van der Waals surface area contributed by atoms with Crippen LogP contribution in [0.1, 0.15) is 48.9 Å². The minimum Gasteiger partial charge on any atom is -0.497 e. The molecule has 0 aromatic heterocycles. The van der Waals surface area contributed by atoms with E-state index in [4.69, 9.17) is 4.74 Å². The van der Waals surface area contributed by atoms with E-state index in [1.807, 2.05) is 52.0 Å². The molecule has 2 amide bonds. The molecule has 3 aromatic carbocycles. The molecule has 1 atom stereocenters. The minimum atomic E-state index is -4.12. The predicted octanol–water partition coefficient (Wildman–Crippen LogP) is 5.15. The van der Waals surface area contributed by atoms with Gasteiger partial charge in [-0.2, -0.15) is 0 Å². The number of hydrogen-bond acceptors (Lipinski definition) is 5. The van der Waals surface area contributed by atoms with E-state index in [2.05, 4.69) is 5.32 Å². The van der Waals surface area contributed by atoms with Crippen molar-refractivity contribution in [1.82, 2.24) is 10.2 Å². The highest BCUT2D eigenvalue weighted by atomic mass is 32.2. The zero-order valence-electron chi connectivity index (χ0n) is 24.8. The molecular weight excluding hydrogens is 538 g/mol. The van der Waals surface area contributed by atoms with Crippen LogP contribution in [0.15, 0.2) is 71.6 Å². The van der Waals surface area contributed by atoms with Crippen molar-refractivity contribution in [3.63, 3.8) is 0 Å². The molecule has 0 unspecified atom stereocenters. The van der Waals surface area contributed by atoms with Crippen LogP contribution in [0.3, 0.4) is 0 Å². The Bertz CT molecular complexity index is 1440. The van der Waals surface area contributed by atoms with E-state index in [1.54, 1.807) is 56.5 Å². The van der Waals surface area contributed by atoms with Gasteiger partial charge in [0.15, 0.2) is 0 Å². The summed E-state index contributed by atoms with van der Waals surface area (Å²) in [6.07, 6.45) is 1.74. The summed E-state index contributed by atoms with van der Waals surface area (Å²) in [5.74, 6) is -0.113. The normalized spacial score (nSPS) is 12.0. The third-order valence-corrected chi connectivity index (χ3v) is 8.80. The predicted molar refractivity (Wildman–Crippen MR) is 163 cm³/mol. The number of nitrogens with one attached hydrogen (secondary N) is 1. The lowest BCUT2D eigenvalue weighted by Gasteiger charge is -2.32. The van der Waals surface area contributed by atoms with Gasteiger partial charge in [0.1, 0.15) is 18.3 Å². The van der Waals surface area contributed by atoms with Crippen LogP contribution in [0.25, 0.3) is 0 Å². The Balaban J connectivity index is 2.03. The molecule has 0 fully saturated rings. The van der Waals surface area contributed by atoms with E-state index in [1.165, 1.54) is 4.90 Å². The maximum atomic E-state index is 14.1. The summed E-state index contributed by atoms with van der Waals surface area (Å²) < 4.78 is 34.5. The highest BCUT2D eigenvalue weighted by Crippen LogP contribution is 2.29. The number of hydrogen-bond donors (Lipinski definition) is 1. The lowest BCUT2D eigenvalue weighted by atomic mass is 10.1. The maximum Gasteiger partial charge on any atom is 0.264 e. The molecule has 220 valence electrons. The van der Waals surface area contributed by atoms with E-state index in [0.717, 1.165) is 33.8 Å². The molecule has 0 aliphatic carbocycles. The summed E-state index contributed by atoms with van der Waals surface area (Å²) in [5, 5.41) is 2.90. The van der Waals surface area contributed by atoms with Gasteiger partial charge < -0.3 is 15.0 Å². The first-order valence-electron chi connectivity index (χ1n) is 13.8. The number of aryl methyl sites for hydroxylation is 3. The lowest BCUT2D eigenvalue weighted by molar-refractivity contribution is -0.139. The van der Waals surface area contributed by atoms with E-state index >= 15 is 0 Å². The van der Waals surface area contributed by atoms with Crippen LogP contribution >= 0.6 is 0 Å². The molecule has 0 aliphatic rings. The zero-order valence-corrected chi connectivity index (χ0v) is 25.6. The highest BCUT2D eigenvalue weighted by molar-refractivity contribution is 7.92. The van der Waals surface area contributed by atoms with Crippen LogP contribution in [0.2, 0.25) is 0 Å². The summed E-state index contributed by atoms with van der Waals surface area (Å²) in [7, 11) is -2.54. The minimum absolute atomic E-state index is 0.0869. The Morgan fingerprint density at radius 2 is 1.56 bits per heavy atom. The first kappa shape index (κ1) is 31.7. The molecular formula is C32H41N3O5S. The van der Waals surface area contributed by atoms with Crippen molar-refractivity contribution in [3.8, 4) is 5.75 Å². The molecule has 0 aliphatic heterocycles. The lowest BCUT2D eigenvalue weighted by Crippen LogP contribution is -2.51. The molecule has 8 nitrogen and oxygen atoms in total. The van der Waals surface area contributed by atoms with E-state index in [-0.39, 0.29) is 17.3 Å². The number of nitrogens with zero attached hydrogens (tertiary/aromatic N) is 2. The average Bonchev–Trinajstić information content (AvgIpc) is 2.96. The number of carbonyl (C=O) groups excluding carboxylic acids is 2. The molecule has 0 heterocycles. The molecule has 0 radical (unpaired) electrons. The zero-order chi connectivity index (χ0) is 30.2. The number of sulfonamides is 1. The van der Waals surface area contributed by atoms with Crippen LogP contribution in [0.5, 0.6) is 5.75 Å². The number of ether oxygens (including phenoxy) is 1. The van der Waals surface area contributed by atoms with Gasteiger partial charge in [-0.1, -0.05) is 55.3 Å². The number of carbonyl (C=O) groups is 2. The summed E-state index contributed by atoms with van der Waals surface area (Å²) in [6, 6.07) is 18.5. The largest absolute Gasteiger partial charge is 0.497 e. The number of unbranched alkanes of at least 4 members (excludes halogenated alkanes) is 1. The average molecular weight is 580 g/mol. The van der Waals surface area contributed by atoms with Gasteiger partial charge in [-0.25, -0.2) is 8.42 Å². The van der Waals surface area contributed by atoms with Crippen LogP contribution in [-0.2, 0) is 26.2 Å². The number of rotatable bonds is 13. The van der Waals surface area contributed by atoms with Gasteiger partial charge in [0.25, 0.3) is 10.0 Å². The van der Waals surface area contributed by atoms with Gasteiger partial charge in [-0.15, -0.1) is 0 Å².